The highest BCUT2D eigenvalue weighted by molar-refractivity contribution is 6.21. The van der Waals surface area contributed by atoms with Gasteiger partial charge >= 0.3 is 5.97 Å². The normalized spacial score (nSPS) is 14.1. The summed E-state index contributed by atoms with van der Waals surface area (Å²) in [4.78, 5) is 12.2. The first-order chi connectivity index (χ1) is 16.2. The number of carboxylic acids is 1. The first kappa shape index (κ1) is 19.3. The summed E-state index contributed by atoms with van der Waals surface area (Å²) in [6.45, 7) is 0.980. The van der Waals surface area contributed by atoms with Gasteiger partial charge < -0.3 is 28.6 Å². The predicted molar refractivity (Wildman–Crippen MR) is 122 cm³/mol. The molecule has 7 heteroatoms. The SMILES string of the molecule is O=C(O)/C(=C/c1cn(Cc2ccc3c(c2)OCO3)c2ccccc12)c1ccc2c(c1)OCO2. The Labute approximate surface area is 189 Å². The van der Waals surface area contributed by atoms with E-state index in [1.54, 1.807) is 24.3 Å². The average molecular weight is 441 g/mol. The van der Waals surface area contributed by atoms with Crippen molar-refractivity contribution in [3.05, 3.63) is 83.6 Å². The van der Waals surface area contributed by atoms with E-state index in [1.165, 1.54) is 0 Å². The second-order valence-corrected chi connectivity index (χ2v) is 7.85. The van der Waals surface area contributed by atoms with Crippen LogP contribution in [0.1, 0.15) is 16.7 Å². The molecule has 0 amide bonds. The molecule has 0 atom stereocenters. The van der Waals surface area contributed by atoms with Gasteiger partial charge in [0.1, 0.15) is 0 Å². The largest absolute Gasteiger partial charge is 0.478 e. The first-order valence-corrected chi connectivity index (χ1v) is 10.5. The number of carboxylic acid groups (broad SMARTS) is 1. The lowest BCUT2D eigenvalue weighted by atomic mass is 10.0. The van der Waals surface area contributed by atoms with Crippen molar-refractivity contribution in [2.45, 2.75) is 6.54 Å². The molecular formula is C26H19NO6. The van der Waals surface area contributed by atoms with Crippen molar-refractivity contribution in [3.63, 3.8) is 0 Å². The number of aromatic nitrogens is 1. The zero-order chi connectivity index (χ0) is 22.4. The van der Waals surface area contributed by atoms with Crippen molar-refractivity contribution in [1.29, 1.82) is 0 Å². The van der Waals surface area contributed by atoms with Gasteiger partial charge in [0.05, 0.1) is 5.57 Å². The minimum absolute atomic E-state index is 0.137. The van der Waals surface area contributed by atoms with Gasteiger partial charge in [-0.3, -0.25) is 0 Å². The van der Waals surface area contributed by atoms with Crippen LogP contribution in [-0.4, -0.2) is 29.2 Å². The summed E-state index contributed by atoms with van der Waals surface area (Å²) in [6.07, 6.45) is 3.68. The Hall–Kier alpha value is -4.39. The van der Waals surface area contributed by atoms with Gasteiger partial charge in [0.25, 0.3) is 0 Å². The molecule has 33 heavy (non-hydrogen) atoms. The third-order valence-electron chi connectivity index (χ3n) is 5.82. The fourth-order valence-electron chi connectivity index (χ4n) is 4.25. The van der Waals surface area contributed by atoms with E-state index in [9.17, 15) is 9.90 Å². The van der Waals surface area contributed by atoms with Gasteiger partial charge in [-0.25, -0.2) is 4.79 Å². The minimum atomic E-state index is -1.01. The van der Waals surface area contributed by atoms with Gasteiger partial charge in [-0.15, -0.1) is 0 Å². The van der Waals surface area contributed by atoms with Crippen molar-refractivity contribution in [1.82, 2.24) is 4.57 Å². The van der Waals surface area contributed by atoms with Crippen LogP contribution in [0, 0.1) is 0 Å². The lowest BCUT2D eigenvalue weighted by molar-refractivity contribution is -0.130. The summed E-state index contributed by atoms with van der Waals surface area (Å²) in [5.74, 6) is 1.63. The summed E-state index contributed by atoms with van der Waals surface area (Å²) in [5.41, 5.74) is 3.63. The number of aliphatic carboxylic acids is 1. The molecule has 3 heterocycles. The Kier molecular flexibility index (Phi) is 4.47. The number of benzene rings is 3. The number of hydrogen-bond donors (Lipinski definition) is 1. The molecule has 0 saturated carbocycles. The predicted octanol–water partition coefficient (Wildman–Crippen LogP) is 4.77. The van der Waals surface area contributed by atoms with Crippen LogP contribution in [0.5, 0.6) is 23.0 Å². The molecule has 3 aromatic carbocycles. The van der Waals surface area contributed by atoms with Crippen molar-refractivity contribution in [3.8, 4) is 23.0 Å². The number of nitrogens with zero attached hydrogens (tertiary/aromatic N) is 1. The van der Waals surface area contributed by atoms with Crippen molar-refractivity contribution >= 4 is 28.5 Å². The van der Waals surface area contributed by atoms with Gasteiger partial charge in [0.2, 0.25) is 13.6 Å². The number of para-hydroxylation sites is 1. The molecule has 0 aliphatic carbocycles. The highest BCUT2D eigenvalue weighted by Crippen LogP contribution is 2.36. The van der Waals surface area contributed by atoms with E-state index in [0.29, 0.717) is 23.6 Å². The number of rotatable bonds is 5. The highest BCUT2D eigenvalue weighted by atomic mass is 16.7. The molecule has 0 fully saturated rings. The van der Waals surface area contributed by atoms with E-state index in [4.69, 9.17) is 18.9 Å². The molecule has 2 aliphatic heterocycles. The summed E-state index contributed by atoms with van der Waals surface area (Å²) >= 11 is 0. The molecule has 2 aliphatic rings. The highest BCUT2D eigenvalue weighted by Gasteiger charge is 2.19. The quantitative estimate of drug-likeness (QED) is 0.450. The lowest BCUT2D eigenvalue weighted by Crippen LogP contribution is -2.00. The van der Waals surface area contributed by atoms with Crippen LogP contribution < -0.4 is 18.9 Å². The van der Waals surface area contributed by atoms with Crippen molar-refractivity contribution in [2.75, 3.05) is 13.6 Å². The summed E-state index contributed by atoms with van der Waals surface area (Å²) in [6, 6.07) is 19.0. The summed E-state index contributed by atoms with van der Waals surface area (Å²) < 4.78 is 23.8. The van der Waals surface area contributed by atoms with Crippen molar-refractivity contribution in [2.24, 2.45) is 0 Å². The zero-order valence-electron chi connectivity index (χ0n) is 17.5. The van der Waals surface area contributed by atoms with E-state index in [2.05, 4.69) is 4.57 Å². The van der Waals surface area contributed by atoms with Gasteiger partial charge in [0, 0.05) is 29.2 Å². The van der Waals surface area contributed by atoms with E-state index in [-0.39, 0.29) is 19.2 Å². The van der Waals surface area contributed by atoms with Gasteiger partial charge in [0.15, 0.2) is 23.0 Å². The zero-order valence-corrected chi connectivity index (χ0v) is 17.5. The minimum Gasteiger partial charge on any atom is -0.478 e. The molecule has 0 unspecified atom stereocenters. The van der Waals surface area contributed by atoms with Gasteiger partial charge in [-0.1, -0.05) is 30.3 Å². The average Bonchev–Trinajstić information content (AvgIpc) is 3.55. The molecule has 6 rings (SSSR count). The summed E-state index contributed by atoms with van der Waals surface area (Å²) in [7, 11) is 0. The van der Waals surface area contributed by atoms with E-state index >= 15 is 0 Å². The molecule has 164 valence electrons. The van der Waals surface area contributed by atoms with Crippen LogP contribution in [0.25, 0.3) is 22.6 Å². The topological polar surface area (TPSA) is 79.2 Å². The number of carbonyl (C=O) groups is 1. The first-order valence-electron chi connectivity index (χ1n) is 10.5. The Morgan fingerprint density at radius 3 is 2.36 bits per heavy atom. The second kappa shape index (κ2) is 7.63. The Balaban J connectivity index is 1.42. The molecule has 0 saturated heterocycles. The molecule has 1 N–H and O–H groups in total. The fraction of sp³-hybridized carbons (Fsp3) is 0.115. The molecule has 7 nitrogen and oxygen atoms in total. The van der Waals surface area contributed by atoms with Gasteiger partial charge in [-0.2, -0.15) is 0 Å². The maximum Gasteiger partial charge on any atom is 0.336 e. The third kappa shape index (κ3) is 3.43. The van der Waals surface area contributed by atoms with Crippen LogP contribution in [0.4, 0.5) is 0 Å². The number of hydrogen-bond acceptors (Lipinski definition) is 5. The molecule has 0 bridgehead atoms. The molecule has 1 aromatic heterocycles. The van der Waals surface area contributed by atoms with Crippen LogP contribution >= 0.6 is 0 Å². The fourth-order valence-corrected chi connectivity index (χ4v) is 4.25. The lowest BCUT2D eigenvalue weighted by Gasteiger charge is -2.06. The standard InChI is InChI=1S/C26H19NO6/c28-26(29)20(17-6-8-23-25(11-17)33-15-31-23)10-18-13-27(21-4-2-1-3-19(18)21)12-16-5-7-22-24(9-16)32-14-30-22/h1-11,13H,12,14-15H2,(H,28,29)/b20-10+. The molecule has 4 aromatic rings. The number of ether oxygens (including phenoxy) is 4. The molecule has 0 spiro atoms. The van der Waals surface area contributed by atoms with E-state index in [0.717, 1.165) is 33.5 Å². The Morgan fingerprint density at radius 1 is 0.879 bits per heavy atom. The second-order valence-electron chi connectivity index (χ2n) is 7.85. The van der Waals surface area contributed by atoms with Crippen LogP contribution in [0.2, 0.25) is 0 Å². The van der Waals surface area contributed by atoms with Crippen LogP contribution in [0.15, 0.2) is 66.9 Å². The van der Waals surface area contributed by atoms with Crippen LogP contribution in [0.3, 0.4) is 0 Å². The molecular weight excluding hydrogens is 422 g/mol. The Bertz CT molecular complexity index is 1430. The maximum atomic E-state index is 12.2. The van der Waals surface area contributed by atoms with Gasteiger partial charge in [-0.05, 0) is 47.5 Å². The van der Waals surface area contributed by atoms with E-state index < -0.39 is 5.97 Å². The smallest absolute Gasteiger partial charge is 0.336 e. The maximum absolute atomic E-state index is 12.2. The number of fused-ring (bicyclic) bond motifs is 3. The monoisotopic (exact) mass is 441 g/mol. The van der Waals surface area contributed by atoms with Crippen molar-refractivity contribution < 1.29 is 28.8 Å². The van der Waals surface area contributed by atoms with E-state index in [1.807, 2.05) is 48.7 Å². The third-order valence-corrected chi connectivity index (χ3v) is 5.82. The Morgan fingerprint density at radius 2 is 1.58 bits per heavy atom. The van der Waals surface area contributed by atoms with Crippen LogP contribution in [-0.2, 0) is 11.3 Å². The summed E-state index contributed by atoms with van der Waals surface area (Å²) in [5, 5.41) is 10.9. The molecule has 0 radical (unpaired) electrons.